The third-order valence-electron chi connectivity index (χ3n) is 11.3. The first-order valence-corrected chi connectivity index (χ1v) is 16.9. The summed E-state index contributed by atoms with van der Waals surface area (Å²) in [5, 5.41) is 10.2. The molecule has 0 spiro atoms. The van der Waals surface area contributed by atoms with Gasteiger partial charge < -0.3 is 19.6 Å². The predicted octanol–water partition coefficient (Wildman–Crippen LogP) is 5.51. The number of rotatable bonds is 5. The van der Waals surface area contributed by atoms with Gasteiger partial charge in [0.25, 0.3) is 0 Å². The first kappa shape index (κ1) is 29.7. The minimum absolute atomic E-state index is 0.141. The second-order valence-corrected chi connectivity index (χ2v) is 13.9. The van der Waals surface area contributed by atoms with Crippen molar-refractivity contribution in [2.45, 2.75) is 88.2 Å². The van der Waals surface area contributed by atoms with Crippen LogP contribution >= 0.6 is 0 Å². The number of hydrogen-bond donors (Lipinski definition) is 1. The lowest BCUT2D eigenvalue weighted by atomic mass is 9.93. The maximum Gasteiger partial charge on any atom is 0.415 e. The molecule has 3 heterocycles. The fraction of sp³-hybridized carbons (Fsp3) is 0.421. The average Bonchev–Trinajstić information content (AvgIpc) is 3.90. The number of fused-ring (bicyclic) bond motifs is 4. The van der Waals surface area contributed by atoms with Crippen LogP contribution < -0.4 is 4.90 Å². The number of carboxylic acid groups (broad SMARTS) is 1. The summed E-state index contributed by atoms with van der Waals surface area (Å²) in [5.74, 6) is -0.786. The van der Waals surface area contributed by atoms with Gasteiger partial charge in [-0.05, 0) is 78.7 Å². The minimum atomic E-state index is -1.07. The lowest BCUT2D eigenvalue weighted by Crippen LogP contribution is -2.58. The van der Waals surface area contributed by atoms with E-state index in [2.05, 4.69) is 0 Å². The third-order valence-corrected chi connectivity index (χ3v) is 11.3. The number of para-hydroxylation sites is 1. The molecular weight excluding hydrogens is 594 g/mol. The van der Waals surface area contributed by atoms with Crippen LogP contribution in [0.1, 0.15) is 66.8 Å². The molecule has 2 saturated carbocycles. The highest BCUT2D eigenvalue weighted by atomic mass is 16.6. The fourth-order valence-electron chi connectivity index (χ4n) is 9.03. The standard InChI is InChI=1S/C38H39N3O6/c42-35(39-22-28-12-5-4-10-25(28)20-33(39)37(44)45)31-17-16-30(24-8-2-1-3-9-24)40(31)36(43)32-21-26-11-6-7-13-29(26)41(32)38(46)47-34-19-23-14-15-27(34)18-23/h1-13,23,27,30-34H,14-22H2,(H,44,45)/t23?,27?,30-,31+,32+,33+,34?/m0/s1. The molecule has 3 aromatic carbocycles. The fourth-order valence-corrected chi connectivity index (χ4v) is 9.03. The number of hydrogen-bond acceptors (Lipinski definition) is 5. The summed E-state index contributed by atoms with van der Waals surface area (Å²) < 4.78 is 6.16. The van der Waals surface area contributed by atoms with Crippen molar-refractivity contribution in [2.24, 2.45) is 11.8 Å². The van der Waals surface area contributed by atoms with Gasteiger partial charge in [-0.3, -0.25) is 14.5 Å². The molecule has 3 amide bonds. The number of likely N-dealkylation sites (tertiary alicyclic amines) is 1. The Bertz CT molecular complexity index is 1730. The molecule has 0 radical (unpaired) electrons. The van der Waals surface area contributed by atoms with Crippen molar-refractivity contribution in [3.05, 3.63) is 101 Å². The normalized spacial score (nSPS) is 29.0. The molecule has 5 aliphatic rings. The third kappa shape index (κ3) is 5.16. The molecule has 242 valence electrons. The van der Waals surface area contributed by atoms with Crippen LogP contribution in [0.2, 0.25) is 0 Å². The largest absolute Gasteiger partial charge is 0.480 e. The molecule has 2 bridgehead atoms. The molecule has 3 aromatic rings. The van der Waals surface area contributed by atoms with Crippen molar-refractivity contribution >= 4 is 29.6 Å². The molecule has 9 nitrogen and oxygen atoms in total. The summed E-state index contributed by atoms with van der Waals surface area (Å²) in [7, 11) is 0. The summed E-state index contributed by atoms with van der Waals surface area (Å²) >= 11 is 0. The maximum atomic E-state index is 15.0. The summed E-state index contributed by atoms with van der Waals surface area (Å²) in [6.45, 7) is 0.164. The van der Waals surface area contributed by atoms with E-state index in [1.807, 2.05) is 78.9 Å². The van der Waals surface area contributed by atoms with Crippen LogP contribution in [-0.2, 0) is 38.5 Å². The van der Waals surface area contributed by atoms with E-state index in [0.717, 1.165) is 41.5 Å². The van der Waals surface area contributed by atoms with Crippen molar-refractivity contribution in [2.75, 3.05) is 4.90 Å². The molecule has 9 heteroatoms. The Labute approximate surface area is 274 Å². The first-order valence-electron chi connectivity index (χ1n) is 16.9. The van der Waals surface area contributed by atoms with E-state index in [0.29, 0.717) is 36.8 Å². The Balaban J connectivity index is 1.13. The number of carboxylic acids is 1. The van der Waals surface area contributed by atoms with Crippen molar-refractivity contribution in [1.29, 1.82) is 0 Å². The van der Waals surface area contributed by atoms with Crippen LogP contribution in [0.5, 0.6) is 0 Å². The molecule has 8 rings (SSSR count). The number of carbonyl (C=O) groups is 4. The Morgan fingerprint density at radius 3 is 2.11 bits per heavy atom. The average molecular weight is 634 g/mol. The lowest BCUT2D eigenvalue weighted by Gasteiger charge is -2.40. The van der Waals surface area contributed by atoms with Crippen molar-refractivity contribution in [3.63, 3.8) is 0 Å². The highest BCUT2D eigenvalue weighted by Crippen LogP contribution is 2.47. The zero-order valence-corrected chi connectivity index (χ0v) is 26.2. The summed E-state index contributed by atoms with van der Waals surface area (Å²) in [6.07, 6.45) is 5.01. The van der Waals surface area contributed by atoms with Gasteiger partial charge in [0.05, 0.1) is 11.7 Å². The Kier molecular flexibility index (Phi) is 7.50. The van der Waals surface area contributed by atoms with Gasteiger partial charge in [0.15, 0.2) is 0 Å². The Morgan fingerprint density at radius 1 is 0.681 bits per heavy atom. The number of amides is 3. The second-order valence-electron chi connectivity index (χ2n) is 13.9. The number of benzene rings is 3. The van der Waals surface area contributed by atoms with Crippen molar-refractivity contribution in [1.82, 2.24) is 9.80 Å². The highest BCUT2D eigenvalue weighted by molar-refractivity contribution is 6.02. The quantitative estimate of drug-likeness (QED) is 0.397. The first-order chi connectivity index (χ1) is 22.9. The molecule has 2 aliphatic carbocycles. The molecule has 1 N–H and O–H groups in total. The van der Waals surface area contributed by atoms with Crippen molar-refractivity contribution < 1.29 is 29.0 Å². The van der Waals surface area contributed by atoms with Crippen LogP contribution in [0.15, 0.2) is 78.9 Å². The van der Waals surface area contributed by atoms with Gasteiger partial charge in [0, 0.05) is 19.4 Å². The monoisotopic (exact) mass is 633 g/mol. The highest BCUT2D eigenvalue weighted by Gasteiger charge is 2.51. The molecule has 1 saturated heterocycles. The number of aliphatic carboxylic acids is 1. The van der Waals surface area contributed by atoms with Crippen LogP contribution in [-0.4, -0.2) is 63.0 Å². The zero-order valence-electron chi connectivity index (χ0n) is 26.2. The Hall–Kier alpha value is -4.66. The van der Waals surface area contributed by atoms with Gasteiger partial charge in [-0.1, -0.05) is 72.8 Å². The van der Waals surface area contributed by atoms with Crippen molar-refractivity contribution in [3.8, 4) is 0 Å². The van der Waals surface area contributed by atoms with Gasteiger partial charge in [0.1, 0.15) is 24.2 Å². The molecule has 3 aliphatic heterocycles. The zero-order chi connectivity index (χ0) is 32.2. The maximum absolute atomic E-state index is 15.0. The smallest absolute Gasteiger partial charge is 0.415 e. The van der Waals surface area contributed by atoms with E-state index >= 15 is 0 Å². The molecule has 3 fully saturated rings. The molecule has 3 unspecified atom stereocenters. The number of carbonyl (C=O) groups excluding carboxylic acids is 3. The predicted molar refractivity (Wildman–Crippen MR) is 173 cm³/mol. The van der Waals surface area contributed by atoms with Crippen LogP contribution in [0, 0.1) is 11.8 Å². The second kappa shape index (κ2) is 11.9. The van der Waals surface area contributed by atoms with E-state index in [-0.39, 0.29) is 30.9 Å². The molecule has 0 aromatic heterocycles. The summed E-state index contributed by atoms with van der Waals surface area (Å²) in [5.41, 5.74) is 4.28. The van der Waals surface area contributed by atoms with Crippen LogP contribution in [0.25, 0.3) is 0 Å². The molecule has 7 atom stereocenters. The lowest BCUT2D eigenvalue weighted by molar-refractivity contribution is -0.155. The van der Waals surface area contributed by atoms with Crippen LogP contribution in [0.4, 0.5) is 10.5 Å². The summed E-state index contributed by atoms with van der Waals surface area (Å²) in [6, 6.07) is 21.6. The van der Waals surface area contributed by atoms with Gasteiger partial charge in [-0.2, -0.15) is 0 Å². The van der Waals surface area contributed by atoms with E-state index in [9.17, 15) is 24.3 Å². The van der Waals surface area contributed by atoms with Gasteiger partial charge in [0.2, 0.25) is 11.8 Å². The van der Waals surface area contributed by atoms with E-state index in [4.69, 9.17) is 4.74 Å². The number of anilines is 1. The van der Waals surface area contributed by atoms with E-state index in [1.54, 1.807) is 4.90 Å². The molecular formula is C38H39N3O6. The van der Waals surface area contributed by atoms with Gasteiger partial charge >= 0.3 is 12.1 Å². The number of nitrogens with zero attached hydrogens (tertiary/aromatic N) is 3. The Morgan fingerprint density at radius 2 is 1.38 bits per heavy atom. The topological polar surface area (TPSA) is 107 Å². The number of ether oxygens (including phenoxy) is 1. The SMILES string of the molecule is O=C(O)[C@H]1Cc2ccccc2CN1C(=O)[C@H]1CC[C@@H](c2ccccc2)N1C(=O)[C@H]1Cc2ccccc2N1C(=O)OC1CC2CCC1C2. The van der Waals surface area contributed by atoms with Crippen LogP contribution in [0.3, 0.4) is 0 Å². The minimum Gasteiger partial charge on any atom is -0.480 e. The van der Waals surface area contributed by atoms with E-state index < -0.39 is 36.2 Å². The molecule has 47 heavy (non-hydrogen) atoms. The van der Waals surface area contributed by atoms with Gasteiger partial charge in [-0.15, -0.1) is 0 Å². The summed E-state index contributed by atoms with van der Waals surface area (Å²) in [4.78, 5) is 60.6. The van der Waals surface area contributed by atoms with Gasteiger partial charge in [-0.25, -0.2) is 9.59 Å². The van der Waals surface area contributed by atoms with E-state index in [1.165, 1.54) is 16.2 Å².